The van der Waals surface area contributed by atoms with E-state index < -0.39 is 0 Å². The number of benzene rings is 1. The third-order valence-electron chi connectivity index (χ3n) is 2.71. The molecule has 2 N–H and O–H groups in total. The first-order valence-corrected chi connectivity index (χ1v) is 6.25. The van der Waals surface area contributed by atoms with Crippen molar-refractivity contribution in [2.45, 2.75) is 20.4 Å². The van der Waals surface area contributed by atoms with Gasteiger partial charge >= 0.3 is 0 Å². The van der Waals surface area contributed by atoms with Gasteiger partial charge in [0, 0.05) is 30.4 Å². The van der Waals surface area contributed by atoms with Crippen LogP contribution in [-0.2, 0) is 6.54 Å². The van der Waals surface area contributed by atoms with Crippen LogP contribution in [0.2, 0.25) is 0 Å². The Morgan fingerprint density at radius 2 is 2.00 bits per heavy atom. The molecule has 2 aromatic rings. The summed E-state index contributed by atoms with van der Waals surface area (Å²) < 4.78 is 13.5. The highest BCUT2D eigenvalue weighted by molar-refractivity contribution is 5.46. The Balaban J connectivity index is 2.10. The molecule has 100 valence electrons. The molecule has 1 aromatic heterocycles. The van der Waals surface area contributed by atoms with Crippen LogP contribution >= 0.6 is 0 Å². The summed E-state index contributed by atoms with van der Waals surface area (Å²) in [5.74, 6) is 1.08. The largest absolute Gasteiger partial charge is 0.365 e. The van der Waals surface area contributed by atoms with Gasteiger partial charge < -0.3 is 10.6 Å². The lowest BCUT2D eigenvalue weighted by molar-refractivity contribution is 0.613. The van der Waals surface area contributed by atoms with E-state index in [0.29, 0.717) is 23.9 Å². The third-order valence-corrected chi connectivity index (χ3v) is 2.71. The number of aromatic nitrogens is 2. The van der Waals surface area contributed by atoms with Gasteiger partial charge in [-0.1, -0.05) is 18.2 Å². The van der Waals surface area contributed by atoms with Crippen LogP contribution in [-0.4, -0.2) is 16.5 Å². The Bertz CT molecular complexity index is 557. The zero-order valence-corrected chi connectivity index (χ0v) is 11.1. The van der Waals surface area contributed by atoms with E-state index >= 15 is 0 Å². The highest BCUT2D eigenvalue weighted by Crippen LogP contribution is 2.15. The van der Waals surface area contributed by atoms with E-state index in [2.05, 4.69) is 20.6 Å². The SMILES string of the molecule is CCNc1ncc(C)c(NCc2ccccc2F)n1. The van der Waals surface area contributed by atoms with Gasteiger partial charge in [-0.2, -0.15) is 4.98 Å². The second-order valence-corrected chi connectivity index (χ2v) is 4.20. The number of rotatable bonds is 5. The van der Waals surface area contributed by atoms with Gasteiger partial charge in [0.1, 0.15) is 11.6 Å². The molecule has 1 heterocycles. The molecule has 0 radical (unpaired) electrons. The maximum absolute atomic E-state index is 13.5. The minimum absolute atomic E-state index is 0.214. The van der Waals surface area contributed by atoms with Gasteiger partial charge in [0.05, 0.1) is 0 Å². The Hall–Kier alpha value is -2.17. The van der Waals surface area contributed by atoms with Crippen molar-refractivity contribution in [1.29, 1.82) is 0 Å². The van der Waals surface area contributed by atoms with Crippen LogP contribution in [0.3, 0.4) is 0 Å². The van der Waals surface area contributed by atoms with E-state index in [9.17, 15) is 4.39 Å². The van der Waals surface area contributed by atoms with Crippen LogP contribution in [0.25, 0.3) is 0 Å². The fourth-order valence-electron chi connectivity index (χ4n) is 1.68. The molecule has 0 saturated carbocycles. The average molecular weight is 260 g/mol. The summed E-state index contributed by atoms with van der Waals surface area (Å²) in [5.41, 5.74) is 1.54. The number of hydrogen-bond acceptors (Lipinski definition) is 4. The summed E-state index contributed by atoms with van der Waals surface area (Å²) in [5, 5.41) is 6.19. The maximum atomic E-state index is 13.5. The van der Waals surface area contributed by atoms with E-state index in [1.54, 1.807) is 18.3 Å². The maximum Gasteiger partial charge on any atom is 0.224 e. The number of aryl methyl sites for hydroxylation is 1. The fourth-order valence-corrected chi connectivity index (χ4v) is 1.68. The molecule has 0 amide bonds. The highest BCUT2D eigenvalue weighted by Gasteiger charge is 2.05. The van der Waals surface area contributed by atoms with Crippen molar-refractivity contribution in [2.24, 2.45) is 0 Å². The van der Waals surface area contributed by atoms with Gasteiger partial charge in [-0.15, -0.1) is 0 Å². The molecule has 0 bridgehead atoms. The number of anilines is 2. The zero-order valence-electron chi connectivity index (χ0n) is 11.1. The van der Waals surface area contributed by atoms with Crippen molar-refractivity contribution < 1.29 is 4.39 Å². The molecule has 2 rings (SSSR count). The molecule has 0 saturated heterocycles. The summed E-state index contributed by atoms with van der Waals surface area (Å²) in [4.78, 5) is 8.52. The molecular formula is C14H17FN4. The summed E-state index contributed by atoms with van der Waals surface area (Å²) in [7, 11) is 0. The van der Waals surface area contributed by atoms with E-state index in [4.69, 9.17) is 0 Å². The summed E-state index contributed by atoms with van der Waals surface area (Å²) in [6.07, 6.45) is 1.74. The molecule has 19 heavy (non-hydrogen) atoms. The van der Waals surface area contributed by atoms with Crippen LogP contribution in [0.15, 0.2) is 30.5 Å². The predicted molar refractivity (Wildman–Crippen MR) is 74.7 cm³/mol. The fraction of sp³-hybridized carbons (Fsp3) is 0.286. The van der Waals surface area contributed by atoms with Crippen molar-refractivity contribution in [3.8, 4) is 0 Å². The molecule has 5 heteroatoms. The second kappa shape index (κ2) is 6.13. The lowest BCUT2D eigenvalue weighted by Gasteiger charge is -2.10. The van der Waals surface area contributed by atoms with Gasteiger partial charge in [-0.05, 0) is 19.9 Å². The first-order chi connectivity index (χ1) is 9.20. The minimum Gasteiger partial charge on any atom is -0.365 e. The Morgan fingerprint density at radius 3 is 2.74 bits per heavy atom. The standard InChI is InChI=1S/C14H17FN4/c1-3-16-14-18-8-10(2)13(19-14)17-9-11-6-4-5-7-12(11)15/h4-8H,3,9H2,1-2H3,(H2,16,17,18,19). The van der Waals surface area contributed by atoms with Crippen molar-refractivity contribution in [3.63, 3.8) is 0 Å². The smallest absolute Gasteiger partial charge is 0.224 e. The number of hydrogen-bond donors (Lipinski definition) is 2. The first kappa shape index (κ1) is 13.3. The van der Waals surface area contributed by atoms with Crippen LogP contribution in [0.4, 0.5) is 16.2 Å². The van der Waals surface area contributed by atoms with E-state index in [1.165, 1.54) is 6.07 Å². The van der Waals surface area contributed by atoms with Gasteiger partial charge in [0.2, 0.25) is 5.95 Å². The van der Waals surface area contributed by atoms with Gasteiger partial charge in [0.25, 0.3) is 0 Å². The van der Waals surface area contributed by atoms with Crippen LogP contribution in [0.5, 0.6) is 0 Å². The van der Waals surface area contributed by atoms with Crippen molar-refractivity contribution in [2.75, 3.05) is 17.2 Å². The summed E-state index contributed by atoms with van der Waals surface area (Å²) in [6.45, 7) is 5.06. The van der Waals surface area contributed by atoms with Gasteiger partial charge in [-0.3, -0.25) is 0 Å². The normalized spacial score (nSPS) is 10.3. The Labute approximate surface area is 112 Å². The third kappa shape index (κ3) is 3.40. The molecule has 0 fully saturated rings. The zero-order chi connectivity index (χ0) is 13.7. The van der Waals surface area contributed by atoms with Crippen LogP contribution < -0.4 is 10.6 Å². The first-order valence-electron chi connectivity index (χ1n) is 6.25. The molecule has 0 aliphatic rings. The molecule has 0 aliphatic heterocycles. The molecule has 0 atom stereocenters. The summed E-state index contributed by atoms with van der Waals surface area (Å²) in [6, 6.07) is 6.70. The average Bonchev–Trinajstić information content (AvgIpc) is 2.41. The van der Waals surface area contributed by atoms with Crippen molar-refractivity contribution in [3.05, 3.63) is 47.4 Å². The monoisotopic (exact) mass is 260 g/mol. The van der Waals surface area contributed by atoms with Gasteiger partial charge in [0.15, 0.2) is 0 Å². The quantitative estimate of drug-likeness (QED) is 0.867. The molecule has 0 spiro atoms. The Morgan fingerprint density at radius 1 is 1.21 bits per heavy atom. The second-order valence-electron chi connectivity index (χ2n) is 4.20. The molecule has 0 unspecified atom stereocenters. The number of nitrogens with zero attached hydrogens (tertiary/aromatic N) is 2. The topological polar surface area (TPSA) is 49.8 Å². The van der Waals surface area contributed by atoms with E-state index in [-0.39, 0.29) is 5.82 Å². The lowest BCUT2D eigenvalue weighted by Crippen LogP contribution is -2.08. The van der Waals surface area contributed by atoms with E-state index in [1.807, 2.05) is 19.9 Å². The highest BCUT2D eigenvalue weighted by atomic mass is 19.1. The van der Waals surface area contributed by atoms with Crippen LogP contribution in [0, 0.1) is 12.7 Å². The Kier molecular flexibility index (Phi) is 4.28. The van der Waals surface area contributed by atoms with Crippen molar-refractivity contribution >= 4 is 11.8 Å². The predicted octanol–water partition coefficient (Wildman–Crippen LogP) is 2.97. The molecule has 4 nitrogen and oxygen atoms in total. The van der Waals surface area contributed by atoms with Crippen LogP contribution in [0.1, 0.15) is 18.1 Å². The number of halogens is 1. The molecule has 0 aliphatic carbocycles. The molecular weight excluding hydrogens is 243 g/mol. The van der Waals surface area contributed by atoms with Gasteiger partial charge in [-0.25, -0.2) is 9.37 Å². The van der Waals surface area contributed by atoms with E-state index in [0.717, 1.165) is 12.1 Å². The minimum atomic E-state index is -0.214. The molecule has 1 aromatic carbocycles. The van der Waals surface area contributed by atoms with Crippen molar-refractivity contribution in [1.82, 2.24) is 9.97 Å². The number of nitrogens with one attached hydrogen (secondary N) is 2. The summed E-state index contributed by atoms with van der Waals surface area (Å²) >= 11 is 0. The lowest BCUT2D eigenvalue weighted by atomic mass is 10.2.